The van der Waals surface area contributed by atoms with Crippen LogP contribution in [0.4, 0.5) is 17.1 Å². The summed E-state index contributed by atoms with van der Waals surface area (Å²) in [5, 5.41) is 2.56. The van der Waals surface area contributed by atoms with Gasteiger partial charge in [0.1, 0.15) is 0 Å². The zero-order chi connectivity index (χ0) is 37.3. The predicted octanol–water partition coefficient (Wildman–Crippen LogP) is 15.9. The molecule has 10 rings (SSSR count). The van der Waals surface area contributed by atoms with Gasteiger partial charge in [0.2, 0.25) is 0 Å². The van der Waals surface area contributed by atoms with Crippen LogP contribution in [-0.2, 0) is 0 Å². The lowest BCUT2D eigenvalue weighted by Gasteiger charge is -2.30. The summed E-state index contributed by atoms with van der Waals surface area (Å²) in [5.74, 6) is 0. The Labute approximate surface area is 332 Å². The van der Waals surface area contributed by atoms with Gasteiger partial charge in [0.25, 0.3) is 0 Å². The van der Waals surface area contributed by atoms with Crippen LogP contribution in [0.15, 0.2) is 224 Å². The molecule has 0 spiro atoms. The molecular weight excluding hydrogens is 695 g/mol. The topological polar surface area (TPSA) is 3.24 Å². The summed E-state index contributed by atoms with van der Waals surface area (Å²) in [5.41, 5.74) is 15.3. The molecule has 1 heterocycles. The van der Waals surface area contributed by atoms with E-state index in [-0.39, 0.29) is 0 Å². The van der Waals surface area contributed by atoms with Crippen molar-refractivity contribution in [3.63, 3.8) is 0 Å². The first-order valence-corrected chi connectivity index (χ1v) is 19.9. The van der Waals surface area contributed by atoms with Crippen molar-refractivity contribution in [2.45, 2.75) is 0 Å². The van der Waals surface area contributed by atoms with Crippen molar-refractivity contribution in [1.82, 2.24) is 0 Å². The standard InChI is InChI=1S/C54H37NS/c1-4-15-38(16-5-1)39-27-29-40(30-28-39)41-31-33-44(34-32-41)55(45-35-36-53-50(37-45)48-22-12-13-26-52(48)56-53)51-25-14-24-47(43-19-8-3-9-20-43)54(51)49-23-11-10-21-46(49)42-17-6-2-7-18-42/h1-37H. The van der Waals surface area contributed by atoms with E-state index in [9.17, 15) is 0 Å². The van der Waals surface area contributed by atoms with E-state index in [0.717, 1.165) is 17.1 Å². The van der Waals surface area contributed by atoms with E-state index in [4.69, 9.17) is 0 Å². The van der Waals surface area contributed by atoms with E-state index >= 15 is 0 Å². The number of nitrogens with zero attached hydrogens (tertiary/aromatic N) is 1. The summed E-state index contributed by atoms with van der Waals surface area (Å²) in [6.45, 7) is 0. The number of hydrogen-bond donors (Lipinski definition) is 0. The van der Waals surface area contributed by atoms with Crippen LogP contribution in [0.2, 0.25) is 0 Å². The number of thiophene rings is 1. The van der Waals surface area contributed by atoms with Gasteiger partial charge in [-0.2, -0.15) is 0 Å². The molecule has 0 saturated carbocycles. The lowest BCUT2D eigenvalue weighted by atomic mass is 9.87. The molecule has 0 aliphatic carbocycles. The first-order valence-electron chi connectivity index (χ1n) is 19.1. The van der Waals surface area contributed by atoms with Gasteiger partial charge in [-0.25, -0.2) is 0 Å². The molecule has 0 aliphatic rings. The van der Waals surface area contributed by atoms with E-state index in [1.165, 1.54) is 75.8 Å². The quantitative estimate of drug-likeness (QED) is 0.150. The SMILES string of the molecule is c1ccc(-c2ccc(-c3ccc(N(c4ccc5sc6ccccc6c5c4)c4cccc(-c5ccccc5)c4-c4ccccc4-c4ccccc4)cc3)cc2)cc1. The van der Waals surface area contributed by atoms with E-state index in [1.54, 1.807) is 0 Å². The van der Waals surface area contributed by atoms with Crippen LogP contribution >= 0.6 is 11.3 Å². The second-order valence-corrected chi connectivity index (χ2v) is 15.2. The van der Waals surface area contributed by atoms with Crippen LogP contribution in [0.3, 0.4) is 0 Å². The zero-order valence-electron chi connectivity index (χ0n) is 30.7. The number of anilines is 3. The largest absolute Gasteiger partial charge is 0.310 e. The number of fused-ring (bicyclic) bond motifs is 3. The highest BCUT2D eigenvalue weighted by atomic mass is 32.1. The third-order valence-corrected chi connectivity index (χ3v) is 11.9. The Kier molecular flexibility index (Phi) is 8.79. The summed E-state index contributed by atoms with van der Waals surface area (Å²) in [4.78, 5) is 2.46. The molecule has 0 aliphatic heterocycles. The summed E-state index contributed by atoms with van der Waals surface area (Å²) in [6.07, 6.45) is 0. The number of benzene rings is 9. The maximum Gasteiger partial charge on any atom is 0.0546 e. The Bertz CT molecular complexity index is 2930. The maximum atomic E-state index is 2.46. The number of hydrogen-bond acceptors (Lipinski definition) is 2. The van der Waals surface area contributed by atoms with Crippen molar-refractivity contribution in [3.05, 3.63) is 224 Å². The Hall–Kier alpha value is -7.00. The maximum absolute atomic E-state index is 2.46. The molecular formula is C54H37NS. The van der Waals surface area contributed by atoms with Crippen molar-refractivity contribution in [3.8, 4) is 55.6 Å². The first-order chi connectivity index (χ1) is 27.8. The molecule has 0 bridgehead atoms. The van der Waals surface area contributed by atoms with Crippen molar-refractivity contribution >= 4 is 48.6 Å². The Morgan fingerprint density at radius 3 is 1.41 bits per heavy atom. The predicted molar refractivity (Wildman–Crippen MR) is 241 cm³/mol. The first kappa shape index (κ1) is 33.6. The minimum Gasteiger partial charge on any atom is -0.310 e. The molecule has 56 heavy (non-hydrogen) atoms. The molecule has 0 amide bonds. The molecule has 1 aromatic heterocycles. The smallest absolute Gasteiger partial charge is 0.0546 e. The lowest BCUT2D eigenvalue weighted by molar-refractivity contribution is 1.29. The van der Waals surface area contributed by atoms with Crippen molar-refractivity contribution in [2.75, 3.05) is 4.90 Å². The normalized spacial score (nSPS) is 11.2. The van der Waals surface area contributed by atoms with Crippen molar-refractivity contribution < 1.29 is 0 Å². The second-order valence-electron chi connectivity index (χ2n) is 14.1. The van der Waals surface area contributed by atoms with Crippen LogP contribution < -0.4 is 4.90 Å². The third kappa shape index (κ3) is 6.26. The van der Waals surface area contributed by atoms with Gasteiger partial charge in [0, 0.05) is 37.1 Å². The van der Waals surface area contributed by atoms with Gasteiger partial charge < -0.3 is 4.90 Å². The fraction of sp³-hybridized carbons (Fsp3) is 0. The van der Waals surface area contributed by atoms with Gasteiger partial charge in [-0.15, -0.1) is 11.3 Å². The second kappa shape index (κ2) is 14.7. The highest BCUT2D eigenvalue weighted by Crippen LogP contribution is 2.49. The van der Waals surface area contributed by atoms with Crippen molar-refractivity contribution in [2.24, 2.45) is 0 Å². The van der Waals surface area contributed by atoms with Gasteiger partial charge in [-0.05, 0) is 92.5 Å². The molecule has 2 heteroatoms. The zero-order valence-corrected chi connectivity index (χ0v) is 31.5. The fourth-order valence-electron chi connectivity index (χ4n) is 8.01. The summed E-state index contributed by atoms with van der Waals surface area (Å²) >= 11 is 1.85. The number of rotatable bonds is 8. The minimum atomic E-state index is 1.09. The Balaban J connectivity index is 1.18. The van der Waals surface area contributed by atoms with Crippen LogP contribution in [0.1, 0.15) is 0 Å². The summed E-state index contributed by atoms with van der Waals surface area (Å²) < 4.78 is 2.59. The van der Waals surface area contributed by atoms with Gasteiger partial charge >= 0.3 is 0 Å². The Morgan fingerprint density at radius 2 is 0.750 bits per heavy atom. The van der Waals surface area contributed by atoms with Crippen LogP contribution in [0.25, 0.3) is 75.8 Å². The van der Waals surface area contributed by atoms with E-state index in [2.05, 4.69) is 229 Å². The minimum absolute atomic E-state index is 1.09. The average Bonchev–Trinajstić information content (AvgIpc) is 3.66. The summed E-state index contributed by atoms with van der Waals surface area (Å²) in [6, 6.07) is 81.4. The van der Waals surface area contributed by atoms with Gasteiger partial charge in [-0.3, -0.25) is 0 Å². The lowest BCUT2D eigenvalue weighted by Crippen LogP contribution is -2.12. The Morgan fingerprint density at radius 1 is 0.286 bits per heavy atom. The van der Waals surface area contributed by atoms with Crippen molar-refractivity contribution in [1.29, 1.82) is 0 Å². The van der Waals surface area contributed by atoms with E-state index < -0.39 is 0 Å². The van der Waals surface area contributed by atoms with Gasteiger partial charge in [0.05, 0.1) is 5.69 Å². The highest BCUT2D eigenvalue weighted by Gasteiger charge is 2.23. The summed E-state index contributed by atoms with van der Waals surface area (Å²) in [7, 11) is 0. The highest BCUT2D eigenvalue weighted by molar-refractivity contribution is 7.25. The van der Waals surface area contributed by atoms with Crippen LogP contribution in [0, 0.1) is 0 Å². The monoisotopic (exact) mass is 731 g/mol. The third-order valence-electron chi connectivity index (χ3n) is 10.7. The molecule has 264 valence electrons. The molecule has 0 saturated heterocycles. The molecule has 0 fully saturated rings. The molecule has 0 unspecified atom stereocenters. The fourth-order valence-corrected chi connectivity index (χ4v) is 9.09. The molecule has 10 aromatic rings. The molecule has 1 nitrogen and oxygen atoms in total. The van der Waals surface area contributed by atoms with Gasteiger partial charge in [0.15, 0.2) is 0 Å². The molecule has 0 radical (unpaired) electrons. The van der Waals surface area contributed by atoms with Gasteiger partial charge in [-0.1, -0.05) is 182 Å². The average molecular weight is 732 g/mol. The van der Waals surface area contributed by atoms with E-state index in [0.29, 0.717) is 0 Å². The van der Waals surface area contributed by atoms with E-state index in [1.807, 2.05) is 11.3 Å². The molecule has 0 atom stereocenters. The molecule has 9 aromatic carbocycles. The molecule has 0 N–H and O–H groups in total. The van der Waals surface area contributed by atoms with Crippen LogP contribution in [-0.4, -0.2) is 0 Å². The van der Waals surface area contributed by atoms with Crippen LogP contribution in [0.5, 0.6) is 0 Å².